The van der Waals surface area contributed by atoms with E-state index in [0.29, 0.717) is 50.3 Å². The fourth-order valence-corrected chi connectivity index (χ4v) is 5.77. The van der Waals surface area contributed by atoms with Crippen LogP contribution < -0.4 is 14.8 Å². The van der Waals surface area contributed by atoms with Gasteiger partial charge in [-0.05, 0) is 62.4 Å². The average Bonchev–Trinajstić information content (AvgIpc) is 3.72. The summed E-state index contributed by atoms with van der Waals surface area (Å²) in [6, 6.07) is 7.83. The molecule has 2 aromatic carbocycles. The van der Waals surface area contributed by atoms with Crippen molar-refractivity contribution < 1.29 is 32.4 Å². The molecule has 0 spiro atoms. The fraction of sp³-hybridized carbons (Fsp3) is 0.500. The van der Waals surface area contributed by atoms with Crippen LogP contribution in [0.3, 0.4) is 0 Å². The van der Waals surface area contributed by atoms with Crippen LogP contribution in [0.25, 0.3) is 11.4 Å². The Bertz CT molecular complexity index is 1440. The zero-order chi connectivity index (χ0) is 31.1. The molecule has 2 fully saturated rings. The molecule has 12 heteroatoms. The molecule has 1 N–H and O–H groups in total. The summed E-state index contributed by atoms with van der Waals surface area (Å²) in [7, 11) is 1.35. The van der Waals surface area contributed by atoms with Crippen LogP contribution in [0.5, 0.6) is 11.5 Å². The molecule has 44 heavy (non-hydrogen) atoms. The number of nitrogens with zero attached hydrogens (tertiary/aromatic N) is 4. The zero-order valence-corrected chi connectivity index (χ0v) is 25.2. The highest BCUT2D eigenvalue weighted by molar-refractivity contribution is 5.97. The molecule has 1 aliphatic carbocycles. The molecule has 236 valence electrons. The van der Waals surface area contributed by atoms with Gasteiger partial charge in [0.1, 0.15) is 17.6 Å². The maximum atomic E-state index is 14.8. The van der Waals surface area contributed by atoms with Crippen molar-refractivity contribution in [3.05, 3.63) is 59.5 Å². The lowest BCUT2D eigenvalue weighted by molar-refractivity contribution is -0.134. The second-order valence-electron chi connectivity index (χ2n) is 11.4. The molecule has 2 aliphatic rings. The Morgan fingerprint density at radius 3 is 2.55 bits per heavy atom. The normalized spacial score (nSPS) is 16.6. The molecule has 1 aromatic heterocycles. The molecule has 0 radical (unpaired) electrons. The zero-order valence-electron chi connectivity index (χ0n) is 25.2. The van der Waals surface area contributed by atoms with E-state index < -0.39 is 23.6 Å². The monoisotopic (exact) mass is 611 g/mol. The number of ether oxygens (including phenoxy) is 2. The van der Waals surface area contributed by atoms with Gasteiger partial charge in [0.2, 0.25) is 17.6 Å². The summed E-state index contributed by atoms with van der Waals surface area (Å²) < 4.78 is 44.8. The van der Waals surface area contributed by atoms with Gasteiger partial charge in [-0.2, -0.15) is 4.98 Å². The molecule has 0 unspecified atom stereocenters. The van der Waals surface area contributed by atoms with E-state index in [2.05, 4.69) is 20.4 Å². The number of amides is 2. The lowest BCUT2D eigenvalue weighted by Crippen LogP contribution is -2.54. The van der Waals surface area contributed by atoms with Crippen molar-refractivity contribution in [3.63, 3.8) is 0 Å². The quantitative estimate of drug-likeness (QED) is 0.299. The molecule has 2 amide bonds. The van der Waals surface area contributed by atoms with E-state index in [1.54, 1.807) is 24.0 Å². The fourth-order valence-electron chi connectivity index (χ4n) is 5.77. The molecule has 3 aromatic rings. The first-order valence-corrected chi connectivity index (χ1v) is 15.2. The van der Waals surface area contributed by atoms with Crippen LogP contribution in [0.2, 0.25) is 0 Å². The Morgan fingerprint density at radius 1 is 1.07 bits per heavy atom. The molecule has 2 heterocycles. The van der Waals surface area contributed by atoms with Crippen molar-refractivity contribution in [1.82, 2.24) is 25.3 Å². The number of halogens is 2. The van der Waals surface area contributed by atoms with Gasteiger partial charge in [0.25, 0.3) is 5.91 Å². The van der Waals surface area contributed by atoms with Gasteiger partial charge in [-0.15, -0.1) is 0 Å². The van der Waals surface area contributed by atoms with Crippen LogP contribution in [0.15, 0.2) is 40.9 Å². The third-order valence-electron chi connectivity index (χ3n) is 8.29. The first-order valence-electron chi connectivity index (χ1n) is 15.2. The molecular weight excluding hydrogens is 572 g/mol. The van der Waals surface area contributed by atoms with Gasteiger partial charge in [-0.1, -0.05) is 18.0 Å². The predicted molar refractivity (Wildman–Crippen MR) is 158 cm³/mol. The van der Waals surface area contributed by atoms with Crippen LogP contribution in [-0.4, -0.2) is 84.2 Å². The largest absolute Gasteiger partial charge is 0.494 e. The Labute approximate surface area is 255 Å². The molecule has 1 atom stereocenters. The minimum atomic E-state index is -0.751. The Morgan fingerprint density at radius 2 is 1.84 bits per heavy atom. The first kappa shape index (κ1) is 31.4. The first-order chi connectivity index (χ1) is 21.3. The van der Waals surface area contributed by atoms with E-state index in [1.165, 1.54) is 51.0 Å². The summed E-state index contributed by atoms with van der Waals surface area (Å²) in [6.07, 6.45) is 6.29. The van der Waals surface area contributed by atoms with Crippen LogP contribution >= 0.6 is 0 Å². The summed E-state index contributed by atoms with van der Waals surface area (Å²) in [4.78, 5) is 33.8. The van der Waals surface area contributed by atoms with Crippen LogP contribution in [0.1, 0.15) is 55.3 Å². The second-order valence-corrected chi connectivity index (χ2v) is 11.4. The summed E-state index contributed by atoms with van der Waals surface area (Å²) in [5, 5.41) is 6.62. The highest BCUT2D eigenvalue weighted by Gasteiger charge is 2.26. The van der Waals surface area contributed by atoms with E-state index in [0.717, 1.165) is 25.5 Å². The SMILES string of the molecule is COc1ccc(C(=O)N[C@H](C)C(=O)N2CCN(CCCOc3ccc(-c4noc(CC5CCCC5)n4)c(F)c3)CC2)cc1F. The molecule has 0 bridgehead atoms. The molecule has 1 aliphatic heterocycles. The number of rotatable bonds is 12. The van der Waals surface area contributed by atoms with Gasteiger partial charge < -0.3 is 24.2 Å². The van der Waals surface area contributed by atoms with Crippen LogP contribution in [0.4, 0.5) is 8.78 Å². The molecule has 1 saturated carbocycles. The Hall–Kier alpha value is -4.06. The molecule has 10 nitrogen and oxygen atoms in total. The number of hydrogen-bond acceptors (Lipinski definition) is 8. The van der Waals surface area contributed by atoms with Crippen molar-refractivity contribution in [2.45, 2.75) is 51.5 Å². The van der Waals surface area contributed by atoms with E-state index in [4.69, 9.17) is 14.0 Å². The van der Waals surface area contributed by atoms with Crippen molar-refractivity contribution in [3.8, 4) is 22.9 Å². The van der Waals surface area contributed by atoms with E-state index in [-0.39, 0.29) is 28.6 Å². The minimum absolute atomic E-state index is 0.0437. The van der Waals surface area contributed by atoms with Gasteiger partial charge in [0.05, 0.1) is 19.3 Å². The summed E-state index contributed by atoms with van der Waals surface area (Å²) in [6.45, 7) is 5.24. The van der Waals surface area contributed by atoms with Gasteiger partial charge >= 0.3 is 0 Å². The van der Waals surface area contributed by atoms with Crippen molar-refractivity contribution >= 4 is 11.8 Å². The highest BCUT2D eigenvalue weighted by Crippen LogP contribution is 2.29. The molecular formula is C32H39F2N5O5. The average molecular weight is 612 g/mol. The predicted octanol–water partition coefficient (Wildman–Crippen LogP) is 4.49. The number of piperazine rings is 1. The Balaban J connectivity index is 1.00. The standard InChI is InChI=1S/C32H39F2N5O5/c1-21(35-31(40)23-8-11-28(42-2)27(34)19-23)32(41)39-15-13-38(14-16-39)12-5-17-43-24-9-10-25(26(33)20-24)30-36-29(44-37-30)18-22-6-3-4-7-22/h8-11,19-22H,3-7,12-18H2,1-2H3,(H,35,40)/t21-/m1/s1. The van der Waals surface area contributed by atoms with E-state index in [9.17, 15) is 18.4 Å². The number of carbonyl (C=O) groups excluding carboxylic acids is 2. The lowest BCUT2D eigenvalue weighted by Gasteiger charge is -2.36. The number of methoxy groups -OCH3 is 1. The number of hydrogen-bond donors (Lipinski definition) is 1. The van der Waals surface area contributed by atoms with Gasteiger partial charge in [0, 0.05) is 50.8 Å². The minimum Gasteiger partial charge on any atom is -0.494 e. The van der Waals surface area contributed by atoms with E-state index in [1.807, 2.05) is 0 Å². The highest BCUT2D eigenvalue weighted by atomic mass is 19.1. The summed E-state index contributed by atoms with van der Waals surface area (Å²) in [5.41, 5.74) is 0.402. The second kappa shape index (κ2) is 14.6. The smallest absolute Gasteiger partial charge is 0.252 e. The van der Waals surface area contributed by atoms with Gasteiger partial charge in [0.15, 0.2) is 11.6 Å². The lowest BCUT2D eigenvalue weighted by atomic mass is 10.0. The van der Waals surface area contributed by atoms with Crippen LogP contribution in [0, 0.1) is 17.6 Å². The number of nitrogens with one attached hydrogen (secondary N) is 1. The summed E-state index contributed by atoms with van der Waals surface area (Å²) >= 11 is 0. The number of aromatic nitrogens is 2. The summed E-state index contributed by atoms with van der Waals surface area (Å²) in [5.74, 6) is 0.0353. The third kappa shape index (κ3) is 7.90. The van der Waals surface area contributed by atoms with Gasteiger partial charge in [-0.3, -0.25) is 14.5 Å². The van der Waals surface area contributed by atoms with Crippen LogP contribution in [-0.2, 0) is 11.2 Å². The third-order valence-corrected chi connectivity index (χ3v) is 8.29. The number of benzene rings is 2. The van der Waals surface area contributed by atoms with Crippen molar-refractivity contribution in [2.24, 2.45) is 5.92 Å². The topological polar surface area (TPSA) is 110 Å². The molecule has 1 saturated heterocycles. The van der Waals surface area contributed by atoms with Gasteiger partial charge in [-0.25, -0.2) is 8.78 Å². The maximum absolute atomic E-state index is 14.8. The molecule has 5 rings (SSSR count). The maximum Gasteiger partial charge on any atom is 0.252 e. The van der Waals surface area contributed by atoms with Crippen molar-refractivity contribution in [1.29, 1.82) is 0 Å². The van der Waals surface area contributed by atoms with Crippen molar-refractivity contribution in [2.75, 3.05) is 46.4 Å². The van der Waals surface area contributed by atoms with E-state index >= 15 is 0 Å². The Kier molecular flexibility index (Phi) is 10.4. The number of carbonyl (C=O) groups is 2.